The summed E-state index contributed by atoms with van der Waals surface area (Å²) in [7, 11) is 3.61. The second-order valence-corrected chi connectivity index (χ2v) is 6.33. The van der Waals surface area contributed by atoms with E-state index in [1.54, 1.807) is 13.3 Å². The normalized spacial score (nSPS) is 12.3. The summed E-state index contributed by atoms with van der Waals surface area (Å²) < 4.78 is 9.23. The number of rotatable bonds is 6. The Bertz CT molecular complexity index is 881. The van der Waals surface area contributed by atoms with Gasteiger partial charge in [-0.25, -0.2) is 0 Å². The van der Waals surface area contributed by atoms with Crippen LogP contribution in [0.25, 0.3) is 10.9 Å². The molecule has 0 unspecified atom stereocenters. The van der Waals surface area contributed by atoms with E-state index >= 15 is 0 Å². The molecule has 0 fully saturated rings. The topological polar surface area (TPSA) is 61.1 Å². The number of carbonyl (C=O) groups excluding carboxylic acids is 1. The summed E-state index contributed by atoms with van der Waals surface area (Å²) in [5, 5.41) is 8.21. The molecule has 6 heteroatoms. The number of nitrogens with one attached hydrogen (secondary N) is 1. The Labute approximate surface area is 147 Å². The summed E-state index contributed by atoms with van der Waals surface area (Å²) in [6, 6.07) is 7.77. The fraction of sp³-hybridized carbons (Fsp3) is 0.368. The number of aryl methyl sites for hydroxylation is 2. The Morgan fingerprint density at radius 1 is 1.40 bits per heavy atom. The number of hydrogen-bond acceptors (Lipinski definition) is 3. The van der Waals surface area contributed by atoms with Gasteiger partial charge in [-0.1, -0.05) is 0 Å². The van der Waals surface area contributed by atoms with E-state index in [-0.39, 0.29) is 11.9 Å². The maximum atomic E-state index is 12.9. The molecule has 0 bridgehead atoms. The first kappa shape index (κ1) is 17.1. The van der Waals surface area contributed by atoms with Crippen LogP contribution in [0, 0.1) is 6.92 Å². The standard InChI is InChI=1S/C19H24N4O2/c1-13(8-11-23-10-5-9-20-23)21-19(24)18-14(2)22(3)17-7-6-15(25-4)12-16(17)18/h5-7,9-10,12-13H,8,11H2,1-4H3,(H,21,24)/t13-/m1/s1. The molecule has 0 saturated carbocycles. The molecular weight excluding hydrogens is 316 g/mol. The molecule has 0 aliphatic carbocycles. The minimum atomic E-state index is -0.0516. The molecule has 2 aromatic heterocycles. The van der Waals surface area contributed by atoms with Crippen molar-refractivity contribution in [3.63, 3.8) is 0 Å². The average Bonchev–Trinajstić information content (AvgIpc) is 3.20. The fourth-order valence-corrected chi connectivity index (χ4v) is 3.09. The zero-order chi connectivity index (χ0) is 18.0. The summed E-state index contributed by atoms with van der Waals surface area (Å²) >= 11 is 0. The molecule has 6 nitrogen and oxygen atoms in total. The maximum Gasteiger partial charge on any atom is 0.253 e. The number of nitrogens with zero attached hydrogens (tertiary/aromatic N) is 3. The zero-order valence-corrected chi connectivity index (χ0v) is 15.1. The van der Waals surface area contributed by atoms with Crippen molar-refractivity contribution in [3.05, 3.63) is 47.9 Å². The van der Waals surface area contributed by atoms with Crippen LogP contribution in [0.1, 0.15) is 29.4 Å². The van der Waals surface area contributed by atoms with Gasteiger partial charge in [0.2, 0.25) is 0 Å². The highest BCUT2D eigenvalue weighted by Gasteiger charge is 2.20. The van der Waals surface area contributed by atoms with Gasteiger partial charge in [0, 0.05) is 48.6 Å². The first-order chi connectivity index (χ1) is 12.0. The highest BCUT2D eigenvalue weighted by Crippen LogP contribution is 2.28. The molecule has 1 aromatic carbocycles. The van der Waals surface area contributed by atoms with Crippen LogP contribution in [-0.4, -0.2) is 33.4 Å². The number of carbonyl (C=O) groups is 1. The van der Waals surface area contributed by atoms with Crippen LogP contribution in [0.3, 0.4) is 0 Å². The molecule has 0 spiro atoms. The number of methoxy groups -OCH3 is 1. The lowest BCUT2D eigenvalue weighted by Gasteiger charge is -2.14. The van der Waals surface area contributed by atoms with Crippen molar-refractivity contribution >= 4 is 16.8 Å². The predicted octanol–water partition coefficient (Wildman–Crippen LogP) is 2.90. The van der Waals surface area contributed by atoms with Gasteiger partial charge in [-0.15, -0.1) is 0 Å². The second-order valence-electron chi connectivity index (χ2n) is 6.33. The van der Waals surface area contributed by atoms with Gasteiger partial charge in [0.15, 0.2) is 0 Å². The number of ether oxygens (including phenoxy) is 1. The van der Waals surface area contributed by atoms with Crippen molar-refractivity contribution in [1.82, 2.24) is 19.7 Å². The summed E-state index contributed by atoms with van der Waals surface area (Å²) in [6.45, 7) is 4.76. The summed E-state index contributed by atoms with van der Waals surface area (Å²) in [5.41, 5.74) is 2.68. The fourth-order valence-electron chi connectivity index (χ4n) is 3.09. The Morgan fingerprint density at radius 3 is 2.88 bits per heavy atom. The van der Waals surface area contributed by atoms with Gasteiger partial charge in [0.25, 0.3) is 5.91 Å². The van der Waals surface area contributed by atoms with Gasteiger partial charge in [0.05, 0.1) is 12.7 Å². The Hall–Kier alpha value is -2.76. The lowest BCUT2D eigenvalue weighted by Crippen LogP contribution is -2.33. The van der Waals surface area contributed by atoms with Crippen molar-refractivity contribution in [2.75, 3.05) is 7.11 Å². The highest BCUT2D eigenvalue weighted by molar-refractivity contribution is 6.08. The van der Waals surface area contributed by atoms with Crippen LogP contribution < -0.4 is 10.1 Å². The molecule has 1 atom stereocenters. The maximum absolute atomic E-state index is 12.9. The van der Waals surface area contributed by atoms with Gasteiger partial charge in [0.1, 0.15) is 5.75 Å². The SMILES string of the molecule is COc1ccc2c(c1)c(C(=O)N[C@H](C)CCn1cccn1)c(C)n2C. The molecule has 0 aliphatic heterocycles. The Kier molecular flexibility index (Phi) is 4.79. The molecule has 0 radical (unpaired) electrons. The quantitative estimate of drug-likeness (QED) is 0.750. The Morgan fingerprint density at radius 2 is 2.20 bits per heavy atom. The predicted molar refractivity (Wildman–Crippen MR) is 98.0 cm³/mol. The van der Waals surface area contributed by atoms with Gasteiger partial charge < -0.3 is 14.6 Å². The van der Waals surface area contributed by atoms with Crippen molar-refractivity contribution in [3.8, 4) is 5.75 Å². The highest BCUT2D eigenvalue weighted by atomic mass is 16.5. The third kappa shape index (κ3) is 3.38. The minimum absolute atomic E-state index is 0.0516. The zero-order valence-electron chi connectivity index (χ0n) is 15.1. The second kappa shape index (κ2) is 7.01. The number of hydrogen-bond donors (Lipinski definition) is 1. The van der Waals surface area contributed by atoms with E-state index < -0.39 is 0 Å². The number of fused-ring (bicyclic) bond motifs is 1. The van der Waals surface area contributed by atoms with E-state index in [4.69, 9.17) is 4.74 Å². The van der Waals surface area contributed by atoms with Gasteiger partial charge >= 0.3 is 0 Å². The van der Waals surface area contributed by atoms with E-state index in [1.807, 2.05) is 60.6 Å². The number of aromatic nitrogens is 3. The molecule has 3 aromatic rings. The monoisotopic (exact) mass is 340 g/mol. The van der Waals surface area contributed by atoms with E-state index in [0.717, 1.165) is 35.3 Å². The number of benzene rings is 1. The third-order valence-electron chi connectivity index (χ3n) is 4.65. The molecule has 1 amide bonds. The first-order valence-corrected chi connectivity index (χ1v) is 8.42. The van der Waals surface area contributed by atoms with E-state index in [2.05, 4.69) is 10.4 Å². The minimum Gasteiger partial charge on any atom is -0.497 e. The van der Waals surface area contributed by atoms with Crippen LogP contribution >= 0.6 is 0 Å². The molecule has 25 heavy (non-hydrogen) atoms. The van der Waals surface area contributed by atoms with Crippen LogP contribution in [0.5, 0.6) is 5.75 Å². The van der Waals surface area contributed by atoms with Gasteiger partial charge in [-0.05, 0) is 44.5 Å². The lowest BCUT2D eigenvalue weighted by molar-refractivity contribution is 0.0938. The summed E-state index contributed by atoms with van der Waals surface area (Å²) in [6.07, 6.45) is 4.51. The van der Waals surface area contributed by atoms with Crippen LogP contribution in [0.15, 0.2) is 36.7 Å². The van der Waals surface area contributed by atoms with Crippen LogP contribution in [-0.2, 0) is 13.6 Å². The first-order valence-electron chi connectivity index (χ1n) is 8.42. The van der Waals surface area contributed by atoms with Crippen molar-refractivity contribution in [2.24, 2.45) is 7.05 Å². The molecule has 3 rings (SSSR count). The Balaban J connectivity index is 1.80. The van der Waals surface area contributed by atoms with Crippen LogP contribution in [0.4, 0.5) is 0 Å². The largest absolute Gasteiger partial charge is 0.497 e. The molecule has 132 valence electrons. The molecule has 2 heterocycles. The van der Waals surface area contributed by atoms with Gasteiger partial charge in [-0.2, -0.15) is 5.10 Å². The van der Waals surface area contributed by atoms with Crippen molar-refractivity contribution in [2.45, 2.75) is 32.9 Å². The number of amides is 1. The molecule has 1 N–H and O–H groups in total. The molecular formula is C19H24N4O2. The van der Waals surface area contributed by atoms with Crippen molar-refractivity contribution < 1.29 is 9.53 Å². The van der Waals surface area contributed by atoms with E-state index in [0.29, 0.717) is 5.56 Å². The molecule has 0 aliphatic rings. The van der Waals surface area contributed by atoms with Gasteiger partial charge in [-0.3, -0.25) is 9.48 Å². The molecule has 0 saturated heterocycles. The average molecular weight is 340 g/mol. The van der Waals surface area contributed by atoms with Crippen LogP contribution in [0.2, 0.25) is 0 Å². The third-order valence-corrected chi connectivity index (χ3v) is 4.65. The van der Waals surface area contributed by atoms with E-state index in [1.165, 1.54) is 0 Å². The smallest absolute Gasteiger partial charge is 0.253 e. The van der Waals surface area contributed by atoms with Crippen molar-refractivity contribution in [1.29, 1.82) is 0 Å². The summed E-state index contributed by atoms with van der Waals surface area (Å²) in [5.74, 6) is 0.697. The summed E-state index contributed by atoms with van der Waals surface area (Å²) in [4.78, 5) is 12.9. The van der Waals surface area contributed by atoms with E-state index in [9.17, 15) is 4.79 Å². The lowest BCUT2D eigenvalue weighted by atomic mass is 10.1.